The maximum Gasteiger partial charge on any atom is 0.227 e. The van der Waals surface area contributed by atoms with Crippen molar-refractivity contribution in [3.63, 3.8) is 0 Å². The van der Waals surface area contributed by atoms with Gasteiger partial charge in [-0.05, 0) is 68.3 Å². The predicted molar refractivity (Wildman–Crippen MR) is 113 cm³/mol. The average molecular weight is 386 g/mol. The molecule has 1 saturated carbocycles. The summed E-state index contributed by atoms with van der Waals surface area (Å²) in [5.74, 6) is 1.46. The van der Waals surface area contributed by atoms with Crippen molar-refractivity contribution in [2.75, 3.05) is 18.4 Å². The molecule has 0 radical (unpaired) electrons. The molecule has 3 N–H and O–H groups in total. The minimum atomic E-state index is 0.114. The van der Waals surface area contributed by atoms with E-state index in [0.29, 0.717) is 24.8 Å². The number of hydrogen-bond donors (Lipinski definition) is 3. The summed E-state index contributed by atoms with van der Waals surface area (Å²) in [7, 11) is 0. The maximum atomic E-state index is 12.4. The number of anilines is 1. The van der Waals surface area contributed by atoms with Gasteiger partial charge in [-0.2, -0.15) is 0 Å². The monoisotopic (exact) mass is 385 g/mol. The third kappa shape index (κ3) is 6.33. The first-order chi connectivity index (χ1) is 13.6. The maximum absolute atomic E-state index is 12.4. The molecule has 5 nitrogen and oxygen atoms in total. The van der Waals surface area contributed by atoms with E-state index in [1.54, 1.807) is 0 Å². The van der Waals surface area contributed by atoms with Crippen LogP contribution >= 0.6 is 0 Å². The van der Waals surface area contributed by atoms with Crippen LogP contribution in [-0.4, -0.2) is 24.9 Å². The molecule has 2 fully saturated rings. The van der Waals surface area contributed by atoms with Crippen LogP contribution in [0.3, 0.4) is 0 Å². The number of amides is 2. The van der Waals surface area contributed by atoms with Gasteiger partial charge in [0.25, 0.3) is 0 Å². The molecular weight excluding hydrogens is 350 g/mol. The van der Waals surface area contributed by atoms with Crippen LogP contribution in [0.2, 0.25) is 0 Å². The second kappa shape index (κ2) is 10.6. The highest BCUT2D eigenvalue weighted by atomic mass is 16.2. The third-order valence-corrected chi connectivity index (χ3v) is 6.36. The van der Waals surface area contributed by atoms with Crippen molar-refractivity contribution in [2.45, 2.75) is 64.8 Å². The fourth-order valence-electron chi connectivity index (χ4n) is 4.51. The highest BCUT2D eigenvalue weighted by Crippen LogP contribution is 2.26. The lowest BCUT2D eigenvalue weighted by atomic mass is 9.84. The van der Waals surface area contributed by atoms with Crippen molar-refractivity contribution in [3.05, 3.63) is 29.8 Å². The molecule has 0 spiro atoms. The Morgan fingerprint density at radius 3 is 2.61 bits per heavy atom. The van der Waals surface area contributed by atoms with Crippen LogP contribution in [0.15, 0.2) is 24.3 Å². The number of nitrogens with one attached hydrogen (secondary N) is 3. The van der Waals surface area contributed by atoms with Crippen molar-refractivity contribution in [1.29, 1.82) is 0 Å². The molecule has 2 aliphatic rings. The van der Waals surface area contributed by atoms with E-state index in [1.807, 2.05) is 24.3 Å². The van der Waals surface area contributed by atoms with Crippen LogP contribution in [-0.2, 0) is 16.1 Å². The highest BCUT2D eigenvalue weighted by molar-refractivity contribution is 5.92. The van der Waals surface area contributed by atoms with Crippen molar-refractivity contribution in [2.24, 2.45) is 17.8 Å². The van der Waals surface area contributed by atoms with E-state index in [2.05, 4.69) is 22.9 Å². The molecule has 1 aliphatic heterocycles. The largest absolute Gasteiger partial charge is 0.352 e. The van der Waals surface area contributed by atoms with Gasteiger partial charge in [0, 0.05) is 24.6 Å². The molecule has 1 aromatic rings. The van der Waals surface area contributed by atoms with Gasteiger partial charge in [-0.15, -0.1) is 0 Å². The third-order valence-electron chi connectivity index (χ3n) is 6.36. The Bertz CT molecular complexity index is 649. The van der Waals surface area contributed by atoms with Crippen LogP contribution in [0.4, 0.5) is 5.69 Å². The molecule has 1 aromatic carbocycles. The summed E-state index contributed by atoms with van der Waals surface area (Å²) in [6.07, 6.45) is 8.46. The SMILES string of the molecule is CC(CC(=O)NCc1cccc(NC(=O)C2CCCCC2)c1)C1CCNCC1. The Morgan fingerprint density at radius 1 is 1.11 bits per heavy atom. The molecule has 1 unspecified atom stereocenters. The molecule has 1 saturated heterocycles. The molecule has 2 amide bonds. The first kappa shape index (κ1) is 20.8. The van der Waals surface area contributed by atoms with Crippen LogP contribution in [0.5, 0.6) is 0 Å². The summed E-state index contributed by atoms with van der Waals surface area (Å²) >= 11 is 0. The minimum Gasteiger partial charge on any atom is -0.352 e. The Morgan fingerprint density at radius 2 is 1.86 bits per heavy atom. The summed E-state index contributed by atoms with van der Waals surface area (Å²) in [5.41, 5.74) is 1.84. The van der Waals surface area contributed by atoms with Gasteiger partial charge in [0.05, 0.1) is 0 Å². The van der Waals surface area contributed by atoms with Gasteiger partial charge in [-0.3, -0.25) is 9.59 Å². The topological polar surface area (TPSA) is 70.2 Å². The summed E-state index contributed by atoms with van der Waals surface area (Å²) < 4.78 is 0. The van der Waals surface area contributed by atoms with Gasteiger partial charge < -0.3 is 16.0 Å². The lowest BCUT2D eigenvalue weighted by molar-refractivity contribution is -0.122. The molecule has 154 valence electrons. The number of carbonyl (C=O) groups excluding carboxylic acids is 2. The zero-order valence-corrected chi connectivity index (χ0v) is 17.1. The molecule has 28 heavy (non-hydrogen) atoms. The highest BCUT2D eigenvalue weighted by Gasteiger charge is 2.22. The van der Waals surface area contributed by atoms with Gasteiger partial charge in [0.15, 0.2) is 0 Å². The van der Waals surface area contributed by atoms with Crippen LogP contribution < -0.4 is 16.0 Å². The van der Waals surface area contributed by atoms with Crippen molar-refractivity contribution in [3.8, 4) is 0 Å². The molecule has 1 heterocycles. The zero-order chi connectivity index (χ0) is 19.8. The Hall–Kier alpha value is -1.88. The van der Waals surface area contributed by atoms with Crippen LogP contribution in [0.25, 0.3) is 0 Å². The Labute approximate surface area is 169 Å². The molecule has 0 aromatic heterocycles. The Kier molecular flexibility index (Phi) is 7.90. The van der Waals surface area contributed by atoms with E-state index in [4.69, 9.17) is 0 Å². The number of piperidine rings is 1. The summed E-state index contributed by atoms with van der Waals surface area (Å²) in [5, 5.41) is 9.48. The molecule has 3 rings (SSSR count). The predicted octanol–water partition coefficient (Wildman–Crippen LogP) is 3.85. The smallest absolute Gasteiger partial charge is 0.227 e. The van der Waals surface area contributed by atoms with Crippen molar-refractivity contribution >= 4 is 17.5 Å². The van der Waals surface area contributed by atoms with Gasteiger partial charge in [0.2, 0.25) is 11.8 Å². The van der Waals surface area contributed by atoms with Crippen LogP contribution in [0, 0.1) is 17.8 Å². The molecule has 1 atom stereocenters. The quantitative estimate of drug-likeness (QED) is 0.668. The minimum absolute atomic E-state index is 0.114. The molecule has 1 aliphatic carbocycles. The molecule has 5 heteroatoms. The summed E-state index contributed by atoms with van der Waals surface area (Å²) in [4.78, 5) is 24.8. The Balaban J connectivity index is 1.44. The van der Waals surface area contributed by atoms with E-state index in [0.717, 1.165) is 62.9 Å². The van der Waals surface area contributed by atoms with Gasteiger partial charge in [-0.25, -0.2) is 0 Å². The number of hydrogen-bond acceptors (Lipinski definition) is 3. The summed E-state index contributed by atoms with van der Waals surface area (Å²) in [6.45, 7) is 4.83. The standard InChI is InChI=1S/C23H35N3O2/c1-17(19-10-12-24-13-11-19)14-22(27)25-16-18-6-5-9-21(15-18)26-23(28)20-7-3-2-4-8-20/h5-6,9,15,17,19-20,24H,2-4,7-8,10-14,16H2,1H3,(H,25,27)(H,26,28). The van der Waals surface area contributed by atoms with Gasteiger partial charge in [0.1, 0.15) is 0 Å². The zero-order valence-electron chi connectivity index (χ0n) is 17.1. The van der Waals surface area contributed by atoms with E-state index >= 15 is 0 Å². The second-order valence-electron chi connectivity index (χ2n) is 8.57. The summed E-state index contributed by atoms with van der Waals surface area (Å²) in [6, 6.07) is 7.82. The lowest BCUT2D eigenvalue weighted by Gasteiger charge is -2.27. The fourth-order valence-corrected chi connectivity index (χ4v) is 4.51. The van der Waals surface area contributed by atoms with E-state index in [9.17, 15) is 9.59 Å². The van der Waals surface area contributed by atoms with Crippen LogP contribution in [0.1, 0.15) is 63.9 Å². The molecule has 0 bridgehead atoms. The number of carbonyl (C=O) groups is 2. The van der Waals surface area contributed by atoms with E-state index in [-0.39, 0.29) is 17.7 Å². The van der Waals surface area contributed by atoms with E-state index < -0.39 is 0 Å². The number of rotatable bonds is 7. The lowest BCUT2D eigenvalue weighted by Crippen LogP contribution is -2.33. The van der Waals surface area contributed by atoms with Crippen molar-refractivity contribution in [1.82, 2.24) is 10.6 Å². The van der Waals surface area contributed by atoms with Crippen molar-refractivity contribution < 1.29 is 9.59 Å². The first-order valence-electron chi connectivity index (χ1n) is 11.0. The van der Waals surface area contributed by atoms with Gasteiger partial charge >= 0.3 is 0 Å². The van der Waals surface area contributed by atoms with Gasteiger partial charge in [-0.1, -0.05) is 38.3 Å². The van der Waals surface area contributed by atoms with E-state index in [1.165, 1.54) is 6.42 Å². The number of benzene rings is 1. The first-order valence-corrected chi connectivity index (χ1v) is 11.0. The molecular formula is C23H35N3O2. The second-order valence-corrected chi connectivity index (χ2v) is 8.57. The average Bonchev–Trinajstić information content (AvgIpc) is 2.74. The fraction of sp³-hybridized carbons (Fsp3) is 0.652. The normalized spacial score (nSPS) is 19.8.